The Morgan fingerprint density at radius 2 is 2.06 bits per heavy atom. The van der Waals surface area contributed by atoms with Crippen LogP contribution in [0.1, 0.15) is 26.7 Å². The number of amides is 2. The minimum atomic E-state index is -0.542. The van der Waals surface area contributed by atoms with Crippen molar-refractivity contribution in [1.82, 2.24) is 10.2 Å². The van der Waals surface area contributed by atoms with Crippen molar-refractivity contribution < 1.29 is 14.3 Å². The van der Waals surface area contributed by atoms with Crippen molar-refractivity contribution in [3.05, 3.63) is 0 Å². The predicted molar refractivity (Wildman–Crippen MR) is 60.0 cm³/mol. The second-order valence-electron chi connectivity index (χ2n) is 4.18. The molecule has 2 amide bonds. The van der Waals surface area contributed by atoms with E-state index in [1.54, 1.807) is 4.90 Å². The van der Waals surface area contributed by atoms with Crippen molar-refractivity contribution in [2.75, 3.05) is 20.2 Å². The summed E-state index contributed by atoms with van der Waals surface area (Å²) in [6.07, 6.45) is 1.35. The van der Waals surface area contributed by atoms with Gasteiger partial charge < -0.3 is 15.0 Å². The van der Waals surface area contributed by atoms with E-state index in [4.69, 9.17) is 0 Å². The first-order chi connectivity index (χ1) is 7.60. The zero-order valence-corrected chi connectivity index (χ0v) is 10.2. The fraction of sp³-hybridized carbons (Fsp3) is 0.818. The third-order valence-corrected chi connectivity index (χ3v) is 3.11. The highest BCUT2D eigenvalue weighted by molar-refractivity contribution is 5.86. The van der Waals surface area contributed by atoms with Crippen LogP contribution in [0.2, 0.25) is 0 Å². The van der Waals surface area contributed by atoms with E-state index in [2.05, 4.69) is 10.1 Å². The number of nitrogens with zero attached hydrogens (tertiary/aromatic N) is 1. The maximum atomic E-state index is 12.0. The topological polar surface area (TPSA) is 58.6 Å². The molecule has 0 aromatic heterocycles. The molecule has 1 rings (SSSR count). The van der Waals surface area contributed by atoms with Crippen molar-refractivity contribution in [2.45, 2.75) is 32.7 Å². The molecule has 2 atom stereocenters. The number of carbonyl (C=O) groups is 2. The third-order valence-electron chi connectivity index (χ3n) is 3.11. The van der Waals surface area contributed by atoms with E-state index in [0.29, 0.717) is 0 Å². The summed E-state index contributed by atoms with van der Waals surface area (Å²) in [6.45, 7) is 5.56. The maximum Gasteiger partial charge on any atom is 0.407 e. The van der Waals surface area contributed by atoms with E-state index in [1.807, 2.05) is 13.8 Å². The number of hydrogen-bond acceptors (Lipinski definition) is 3. The van der Waals surface area contributed by atoms with Crippen LogP contribution in [0.15, 0.2) is 0 Å². The Bertz CT molecular complexity index is 264. The van der Waals surface area contributed by atoms with Crippen molar-refractivity contribution >= 4 is 12.0 Å². The van der Waals surface area contributed by atoms with Gasteiger partial charge in [0.05, 0.1) is 7.11 Å². The normalized spacial score (nSPS) is 18.3. The Kier molecular flexibility index (Phi) is 4.58. The van der Waals surface area contributed by atoms with Gasteiger partial charge in [-0.15, -0.1) is 0 Å². The van der Waals surface area contributed by atoms with Gasteiger partial charge in [-0.2, -0.15) is 0 Å². The zero-order chi connectivity index (χ0) is 12.1. The number of nitrogens with one attached hydrogen (secondary N) is 1. The molecule has 1 saturated heterocycles. The quantitative estimate of drug-likeness (QED) is 0.780. The molecule has 5 nitrogen and oxygen atoms in total. The second-order valence-corrected chi connectivity index (χ2v) is 4.18. The Hall–Kier alpha value is -1.26. The number of likely N-dealkylation sites (tertiary alicyclic amines) is 1. The summed E-state index contributed by atoms with van der Waals surface area (Å²) in [6, 6.07) is -0.460. The number of hydrogen-bond donors (Lipinski definition) is 1. The lowest BCUT2D eigenvalue weighted by Crippen LogP contribution is -2.55. The summed E-state index contributed by atoms with van der Waals surface area (Å²) in [7, 11) is 1.30. The summed E-state index contributed by atoms with van der Waals surface area (Å²) in [5, 5.41) is 2.61. The number of rotatable bonds is 4. The Morgan fingerprint density at radius 3 is 2.44 bits per heavy atom. The van der Waals surface area contributed by atoms with E-state index >= 15 is 0 Å². The first-order valence-electron chi connectivity index (χ1n) is 5.73. The van der Waals surface area contributed by atoms with E-state index in [0.717, 1.165) is 25.9 Å². The van der Waals surface area contributed by atoms with Gasteiger partial charge >= 0.3 is 6.09 Å². The Morgan fingerprint density at radius 1 is 1.44 bits per heavy atom. The van der Waals surface area contributed by atoms with Crippen LogP contribution in [0.3, 0.4) is 0 Å². The SMILES string of the molecule is CC[C@H](C)[C@H](NC(=O)OC)C(=O)N1CCC1. The van der Waals surface area contributed by atoms with E-state index in [-0.39, 0.29) is 11.8 Å². The molecule has 0 aromatic rings. The average Bonchev–Trinajstić information content (AvgIpc) is 2.21. The number of carbonyl (C=O) groups excluding carboxylic acids is 2. The maximum absolute atomic E-state index is 12.0. The molecule has 1 fully saturated rings. The first-order valence-corrected chi connectivity index (χ1v) is 5.73. The molecule has 1 heterocycles. The van der Waals surface area contributed by atoms with Crippen LogP contribution < -0.4 is 5.32 Å². The molecule has 1 aliphatic rings. The highest BCUT2D eigenvalue weighted by atomic mass is 16.5. The van der Waals surface area contributed by atoms with E-state index in [9.17, 15) is 9.59 Å². The van der Waals surface area contributed by atoms with Crippen LogP contribution in [-0.4, -0.2) is 43.1 Å². The summed E-state index contributed by atoms with van der Waals surface area (Å²) in [4.78, 5) is 25.0. The van der Waals surface area contributed by atoms with E-state index in [1.165, 1.54) is 7.11 Å². The van der Waals surface area contributed by atoms with Crippen molar-refractivity contribution in [1.29, 1.82) is 0 Å². The minimum Gasteiger partial charge on any atom is -0.453 e. The van der Waals surface area contributed by atoms with Crippen LogP contribution >= 0.6 is 0 Å². The van der Waals surface area contributed by atoms with Gasteiger partial charge in [0.25, 0.3) is 0 Å². The summed E-state index contributed by atoms with van der Waals surface area (Å²) in [5.41, 5.74) is 0. The number of alkyl carbamates (subject to hydrolysis) is 1. The molecule has 0 spiro atoms. The largest absolute Gasteiger partial charge is 0.453 e. The van der Waals surface area contributed by atoms with Crippen LogP contribution in [-0.2, 0) is 9.53 Å². The average molecular weight is 228 g/mol. The molecular formula is C11H20N2O3. The molecule has 0 aliphatic carbocycles. The first kappa shape index (κ1) is 12.8. The summed E-state index contributed by atoms with van der Waals surface area (Å²) < 4.78 is 4.54. The highest BCUT2D eigenvalue weighted by Crippen LogP contribution is 2.15. The number of ether oxygens (including phenoxy) is 1. The standard InChI is InChI=1S/C11H20N2O3/c1-4-8(2)9(12-11(15)16-3)10(14)13-6-5-7-13/h8-9H,4-7H2,1-3H3,(H,12,15)/t8-,9-/m0/s1. The van der Waals surface area contributed by atoms with Crippen LogP contribution in [0.5, 0.6) is 0 Å². The fourth-order valence-corrected chi connectivity index (χ4v) is 1.60. The second kappa shape index (κ2) is 5.72. The van der Waals surface area contributed by atoms with E-state index < -0.39 is 12.1 Å². The Labute approximate surface area is 96.1 Å². The Balaban J connectivity index is 2.61. The lowest BCUT2D eigenvalue weighted by Gasteiger charge is -2.35. The predicted octanol–water partition coefficient (Wildman–Crippen LogP) is 0.989. The van der Waals surface area contributed by atoms with Crippen LogP contribution in [0.4, 0.5) is 4.79 Å². The summed E-state index contributed by atoms with van der Waals surface area (Å²) >= 11 is 0. The number of methoxy groups -OCH3 is 1. The zero-order valence-electron chi connectivity index (χ0n) is 10.2. The van der Waals surface area contributed by atoms with Crippen molar-refractivity contribution in [3.8, 4) is 0 Å². The lowest BCUT2D eigenvalue weighted by atomic mass is 9.97. The van der Waals surface area contributed by atoms with Gasteiger partial charge in [-0.1, -0.05) is 20.3 Å². The van der Waals surface area contributed by atoms with Crippen LogP contribution in [0, 0.1) is 5.92 Å². The molecule has 1 N–H and O–H groups in total. The van der Waals surface area contributed by atoms with Gasteiger partial charge in [0.1, 0.15) is 6.04 Å². The third kappa shape index (κ3) is 2.87. The molecule has 92 valence electrons. The molecule has 0 unspecified atom stereocenters. The fourth-order valence-electron chi connectivity index (χ4n) is 1.60. The monoisotopic (exact) mass is 228 g/mol. The lowest BCUT2D eigenvalue weighted by molar-refractivity contribution is -0.138. The van der Waals surface area contributed by atoms with Gasteiger partial charge in [-0.05, 0) is 12.3 Å². The van der Waals surface area contributed by atoms with Crippen molar-refractivity contribution in [2.24, 2.45) is 5.92 Å². The molecular weight excluding hydrogens is 208 g/mol. The van der Waals surface area contributed by atoms with Gasteiger partial charge in [0.2, 0.25) is 5.91 Å². The smallest absolute Gasteiger partial charge is 0.407 e. The van der Waals surface area contributed by atoms with Crippen molar-refractivity contribution in [3.63, 3.8) is 0 Å². The molecule has 1 aliphatic heterocycles. The summed E-state index contributed by atoms with van der Waals surface area (Å²) in [5.74, 6) is 0.123. The van der Waals surface area contributed by atoms with Gasteiger partial charge in [-0.25, -0.2) is 4.79 Å². The minimum absolute atomic E-state index is 0.00556. The van der Waals surface area contributed by atoms with Gasteiger partial charge in [-0.3, -0.25) is 4.79 Å². The molecule has 0 saturated carbocycles. The van der Waals surface area contributed by atoms with Gasteiger partial charge in [0, 0.05) is 13.1 Å². The highest BCUT2D eigenvalue weighted by Gasteiger charge is 2.32. The molecule has 5 heteroatoms. The van der Waals surface area contributed by atoms with Crippen LogP contribution in [0.25, 0.3) is 0 Å². The molecule has 0 radical (unpaired) electrons. The van der Waals surface area contributed by atoms with Gasteiger partial charge in [0.15, 0.2) is 0 Å². The molecule has 0 bridgehead atoms. The molecule has 16 heavy (non-hydrogen) atoms. The molecule has 0 aromatic carbocycles.